The number of ether oxygens (including phenoxy) is 1. The SMILES string of the molecule is CCN(C)CCc1cc(C)ccc1OC. The van der Waals surface area contributed by atoms with E-state index < -0.39 is 0 Å². The molecule has 0 amide bonds. The monoisotopic (exact) mass is 207 g/mol. The summed E-state index contributed by atoms with van der Waals surface area (Å²) in [5.41, 5.74) is 2.60. The van der Waals surface area contributed by atoms with Crippen LogP contribution in [0.15, 0.2) is 18.2 Å². The molecular weight excluding hydrogens is 186 g/mol. The molecular formula is C13H21NO. The molecule has 1 aromatic rings. The van der Waals surface area contributed by atoms with E-state index >= 15 is 0 Å². The van der Waals surface area contributed by atoms with Crippen LogP contribution < -0.4 is 4.74 Å². The van der Waals surface area contributed by atoms with Gasteiger partial charge in [0.2, 0.25) is 0 Å². The second-order valence-corrected chi connectivity index (χ2v) is 3.96. The fourth-order valence-electron chi connectivity index (χ4n) is 1.57. The lowest BCUT2D eigenvalue weighted by molar-refractivity contribution is 0.352. The van der Waals surface area contributed by atoms with Crippen molar-refractivity contribution in [3.05, 3.63) is 29.3 Å². The van der Waals surface area contributed by atoms with E-state index in [0.29, 0.717) is 0 Å². The molecule has 0 heterocycles. The summed E-state index contributed by atoms with van der Waals surface area (Å²) >= 11 is 0. The molecule has 0 aliphatic heterocycles. The second kappa shape index (κ2) is 5.76. The van der Waals surface area contributed by atoms with Gasteiger partial charge in [-0.15, -0.1) is 0 Å². The molecule has 0 atom stereocenters. The van der Waals surface area contributed by atoms with Gasteiger partial charge < -0.3 is 9.64 Å². The fraction of sp³-hybridized carbons (Fsp3) is 0.538. The largest absolute Gasteiger partial charge is 0.496 e. The molecule has 0 fully saturated rings. The maximum absolute atomic E-state index is 5.35. The highest BCUT2D eigenvalue weighted by atomic mass is 16.5. The van der Waals surface area contributed by atoms with Crippen molar-refractivity contribution in [1.29, 1.82) is 0 Å². The Bertz CT molecular complexity index is 309. The maximum Gasteiger partial charge on any atom is 0.122 e. The third-order valence-corrected chi connectivity index (χ3v) is 2.74. The highest BCUT2D eigenvalue weighted by Crippen LogP contribution is 2.20. The van der Waals surface area contributed by atoms with Crippen LogP contribution in [-0.2, 0) is 6.42 Å². The van der Waals surface area contributed by atoms with Gasteiger partial charge in [-0.1, -0.05) is 24.6 Å². The number of likely N-dealkylation sites (N-methyl/N-ethyl adjacent to an activating group) is 1. The number of methoxy groups -OCH3 is 1. The van der Waals surface area contributed by atoms with Crippen LogP contribution in [0.4, 0.5) is 0 Å². The summed E-state index contributed by atoms with van der Waals surface area (Å²) in [5, 5.41) is 0. The van der Waals surface area contributed by atoms with Gasteiger partial charge in [-0.05, 0) is 38.6 Å². The first-order valence-corrected chi connectivity index (χ1v) is 5.49. The van der Waals surface area contributed by atoms with Gasteiger partial charge in [0.1, 0.15) is 5.75 Å². The van der Waals surface area contributed by atoms with Gasteiger partial charge in [0.15, 0.2) is 0 Å². The van der Waals surface area contributed by atoms with E-state index in [2.05, 4.69) is 44.0 Å². The van der Waals surface area contributed by atoms with Gasteiger partial charge in [-0.25, -0.2) is 0 Å². The van der Waals surface area contributed by atoms with Crippen LogP contribution in [0, 0.1) is 6.92 Å². The van der Waals surface area contributed by atoms with E-state index in [1.165, 1.54) is 11.1 Å². The minimum atomic E-state index is 1.00. The summed E-state index contributed by atoms with van der Waals surface area (Å²) < 4.78 is 5.35. The fourth-order valence-corrected chi connectivity index (χ4v) is 1.57. The predicted molar refractivity (Wildman–Crippen MR) is 64.6 cm³/mol. The molecule has 2 heteroatoms. The van der Waals surface area contributed by atoms with Crippen molar-refractivity contribution in [2.45, 2.75) is 20.3 Å². The molecule has 0 bridgehead atoms. The zero-order chi connectivity index (χ0) is 11.3. The van der Waals surface area contributed by atoms with Crippen molar-refractivity contribution in [1.82, 2.24) is 4.90 Å². The van der Waals surface area contributed by atoms with Crippen molar-refractivity contribution in [2.75, 3.05) is 27.2 Å². The second-order valence-electron chi connectivity index (χ2n) is 3.96. The molecule has 1 rings (SSSR count). The summed E-state index contributed by atoms with van der Waals surface area (Å²) in [5.74, 6) is 1.00. The Morgan fingerprint density at radius 2 is 2.07 bits per heavy atom. The number of benzene rings is 1. The Balaban J connectivity index is 2.69. The van der Waals surface area contributed by atoms with Gasteiger partial charge in [0, 0.05) is 6.54 Å². The predicted octanol–water partition coefficient (Wildman–Crippen LogP) is 2.50. The molecule has 0 aromatic heterocycles. The summed E-state index contributed by atoms with van der Waals surface area (Å²) in [4.78, 5) is 2.31. The first-order chi connectivity index (χ1) is 7.17. The highest BCUT2D eigenvalue weighted by molar-refractivity contribution is 5.37. The topological polar surface area (TPSA) is 12.5 Å². The third kappa shape index (κ3) is 3.56. The lowest BCUT2D eigenvalue weighted by atomic mass is 10.1. The first-order valence-electron chi connectivity index (χ1n) is 5.49. The number of nitrogens with zero attached hydrogens (tertiary/aromatic N) is 1. The summed E-state index contributed by atoms with van der Waals surface area (Å²) in [6.45, 7) is 6.46. The van der Waals surface area contributed by atoms with Crippen LogP contribution in [0.3, 0.4) is 0 Å². The van der Waals surface area contributed by atoms with Crippen LogP contribution in [0.1, 0.15) is 18.1 Å². The molecule has 15 heavy (non-hydrogen) atoms. The Labute approximate surface area is 92.9 Å². The van der Waals surface area contributed by atoms with Gasteiger partial charge in [0.05, 0.1) is 7.11 Å². The Morgan fingerprint density at radius 3 is 2.67 bits per heavy atom. The first kappa shape index (κ1) is 12.1. The van der Waals surface area contributed by atoms with Crippen LogP contribution >= 0.6 is 0 Å². The van der Waals surface area contributed by atoms with Crippen LogP contribution in [0.25, 0.3) is 0 Å². The molecule has 0 unspecified atom stereocenters. The molecule has 0 radical (unpaired) electrons. The average Bonchev–Trinajstić information content (AvgIpc) is 2.26. The summed E-state index contributed by atoms with van der Waals surface area (Å²) in [7, 11) is 3.87. The van der Waals surface area contributed by atoms with E-state index in [4.69, 9.17) is 4.74 Å². The zero-order valence-electron chi connectivity index (χ0n) is 10.2. The van der Waals surface area contributed by atoms with Crippen LogP contribution in [0.5, 0.6) is 5.75 Å². The molecule has 84 valence electrons. The number of hydrogen-bond donors (Lipinski definition) is 0. The molecule has 2 nitrogen and oxygen atoms in total. The Kier molecular flexibility index (Phi) is 4.63. The quantitative estimate of drug-likeness (QED) is 0.735. The van der Waals surface area contributed by atoms with Crippen molar-refractivity contribution < 1.29 is 4.74 Å². The third-order valence-electron chi connectivity index (χ3n) is 2.74. The lowest BCUT2D eigenvalue weighted by Gasteiger charge is -2.15. The number of hydrogen-bond acceptors (Lipinski definition) is 2. The minimum absolute atomic E-state index is 1.00. The minimum Gasteiger partial charge on any atom is -0.496 e. The number of aryl methyl sites for hydroxylation is 1. The lowest BCUT2D eigenvalue weighted by Crippen LogP contribution is -2.20. The highest BCUT2D eigenvalue weighted by Gasteiger charge is 2.04. The molecule has 0 saturated carbocycles. The number of rotatable bonds is 5. The van der Waals surface area contributed by atoms with Gasteiger partial charge >= 0.3 is 0 Å². The van der Waals surface area contributed by atoms with E-state index in [9.17, 15) is 0 Å². The Morgan fingerprint density at radius 1 is 1.33 bits per heavy atom. The molecule has 1 aromatic carbocycles. The molecule has 0 aliphatic carbocycles. The van der Waals surface area contributed by atoms with E-state index in [-0.39, 0.29) is 0 Å². The van der Waals surface area contributed by atoms with Crippen LogP contribution in [-0.4, -0.2) is 32.1 Å². The van der Waals surface area contributed by atoms with Crippen molar-refractivity contribution >= 4 is 0 Å². The summed E-state index contributed by atoms with van der Waals surface area (Å²) in [6.07, 6.45) is 1.05. The van der Waals surface area contributed by atoms with E-state index in [1.807, 2.05) is 0 Å². The molecule has 0 N–H and O–H groups in total. The smallest absolute Gasteiger partial charge is 0.122 e. The zero-order valence-corrected chi connectivity index (χ0v) is 10.2. The maximum atomic E-state index is 5.35. The normalized spacial score (nSPS) is 10.7. The van der Waals surface area contributed by atoms with E-state index in [1.54, 1.807) is 7.11 Å². The van der Waals surface area contributed by atoms with E-state index in [0.717, 1.165) is 25.3 Å². The molecule has 0 spiro atoms. The van der Waals surface area contributed by atoms with Crippen molar-refractivity contribution in [3.8, 4) is 5.75 Å². The molecule has 0 saturated heterocycles. The molecule has 0 aliphatic rings. The van der Waals surface area contributed by atoms with Gasteiger partial charge in [-0.3, -0.25) is 0 Å². The van der Waals surface area contributed by atoms with Gasteiger partial charge in [0.25, 0.3) is 0 Å². The Hall–Kier alpha value is -1.02. The van der Waals surface area contributed by atoms with Gasteiger partial charge in [-0.2, -0.15) is 0 Å². The van der Waals surface area contributed by atoms with Crippen molar-refractivity contribution in [3.63, 3.8) is 0 Å². The average molecular weight is 207 g/mol. The standard InChI is InChI=1S/C13H21NO/c1-5-14(3)9-8-12-10-11(2)6-7-13(12)15-4/h6-7,10H,5,8-9H2,1-4H3. The van der Waals surface area contributed by atoms with Crippen molar-refractivity contribution in [2.24, 2.45) is 0 Å². The van der Waals surface area contributed by atoms with Crippen LogP contribution in [0.2, 0.25) is 0 Å². The summed E-state index contributed by atoms with van der Waals surface area (Å²) in [6, 6.07) is 6.35.